The van der Waals surface area contributed by atoms with Gasteiger partial charge in [-0.2, -0.15) is 5.26 Å². The molecule has 0 fully saturated rings. The maximum absolute atomic E-state index is 14.7. The van der Waals surface area contributed by atoms with Gasteiger partial charge in [0.25, 0.3) is 0 Å². The van der Waals surface area contributed by atoms with Crippen molar-refractivity contribution >= 4 is 21.9 Å². The second-order valence-electron chi connectivity index (χ2n) is 9.46. The first kappa shape index (κ1) is 22.7. The molecule has 3 nitrogen and oxygen atoms in total. The van der Waals surface area contributed by atoms with Gasteiger partial charge in [0.2, 0.25) is 5.69 Å². The lowest BCUT2D eigenvalue weighted by Crippen LogP contribution is -2.31. The van der Waals surface area contributed by atoms with Gasteiger partial charge in [-0.1, -0.05) is 66.7 Å². The molecule has 2 heterocycles. The zero-order valence-electron chi connectivity index (χ0n) is 20.8. The molecule has 6 rings (SSSR count). The van der Waals surface area contributed by atoms with Crippen molar-refractivity contribution in [3.05, 3.63) is 114 Å². The summed E-state index contributed by atoms with van der Waals surface area (Å²) in [5.41, 5.74) is 9.14. The number of furan rings is 1. The number of aryl methyl sites for hydroxylation is 3. The molecule has 0 N–H and O–H groups in total. The number of aromatic nitrogens is 1. The molecule has 2 aromatic heterocycles. The zero-order valence-corrected chi connectivity index (χ0v) is 20.8. The van der Waals surface area contributed by atoms with E-state index in [0.717, 1.165) is 49.8 Å². The summed E-state index contributed by atoms with van der Waals surface area (Å²) in [5.74, 6) is -0.266. The Morgan fingerprint density at radius 1 is 0.784 bits per heavy atom. The van der Waals surface area contributed by atoms with Gasteiger partial charge in [0.05, 0.1) is 17.2 Å². The predicted octanol–water partition coefficient (Wildman–Crippen LogP) is 8.04. The molecule has 0 aliphatic heterocycles. The minimum Gasteiger partial charge on any atom is -0.454 e. The standard InChI is InChI=1S/C33H24FN2O/c1-20-9-15-27-31-25(18-35)14-16-26(24-12-10-23(11-13-24)22-7-5-4-6-8-22)32(31)37-33(27)30(20)29-17-28(34)21(2)19-36(29)3/h4-17,19H,1-3H3/q+1. The van der Waals surface area contributed by atoms with Crippen LogP contribution in [0.25, 0.3) is 55.4 Å². The molecule has 4 aromatic carbocycles. The minimum atomic E-state index is -0.266. The Kier molecular flexibility index (Phi) is 5.35. The molecule has 0 unspecified atom stereocenters. The van der Waals surface area contributed by atoms with Gasteiger partial charge < -0.3 is 4.42 Å². The third-order valence-electron chi connectivity index (χ3n) is 7.08. The van der Waals surface area contributed by atoms with Crippen LogP contribution < -0.4 is 4.57 Å². The maximum atomic E-state index is 14.7. The van der Waals surface area contributed by atoms with E-state index in [4.69, 9.17) is 4.42 Å². The summed E-state index contributed by atoms with van der Waals surface area (Å²) in [7, 11) is 1.91. The first-order valence-electron chi connectivity index (χ1n) is 12.2. The van der Waals surface area contributed by atoms with Crippen molar-refractivity contribution in [2.45, 2.75) is 13.8 Å². The average molecular weight is 484 g/mol. The first-order chi connectivity index (χ1) is 18.0. The Balaban J connectivity index is 1.61. The molecular weight excluding hydrogens is 459 g/mol. The van der Waals surface area contributed by atoms with E-state index in [1.165, 1.54) is 0 Å². The largest absolute Gasteiger partial charge is 0.454 e. The summed E-state index contributed by atoms with van der Waals surface area (Å²) >= 11 is 0. The molecule has 0 saturated carbocycles. The van der Waals surface area contributed by atoms with Crippen molar-refractivity contribution in [2.24, 2.45) is 7.05 Å². The lowest BCUT2D eigenvalue weighted by atomic mass is 9.95. The van der Waals surface area contributed by atoms with E-state index in [1.807, 2.05) is 61.0 Å². The minimum absolute atomic E-state index is 0.266. The van der Waals surface area contributed by atoms with Crippen molar-refractivity contribution in [1.82, 2.24) is 0 Å². The molecule has 4 heteroatoms. The number of halogens is 1. The SMILES string of the molecule is Cc1c[n+](C)c(-c2c(C)ccc3c2oc2c(-c4ccc(-c5ccccc5)cc4)ccc(C#N)c23)cc1F. The van der Waals surface area contributed by atoms with Crippen molar-refractivity contribution < 1.29 is 13.4 Å². The van der Waals surface area contributed by atoms with E-state index in [2.05, 4.69) is 42.5 Å². The molecule has 0 aliphatic rings. The molecule has 0 bridgehead atoms. The van der Waals surface area contributed by atoms with Crippen molar-refractivity contribution in [3.63, 3.8) is 0 Å². The fourth-order valence-electron chi connectivity index (χ4n) is 5.16. The van der Waals surface area contributed by atoms with Crippen molar-refractivity contribution in [1.29, 1.82) is 5.26 Å². The number of benzene rings is 4. The van der Waals surface area contributed by atoms with Crippen LogP contribution >= 0.6 is 0 Å². The van der Waals surface area contributed by atoms with Crippen molar-refractivity contribution in [2.75, 3.05) is 0 Å². The Morgan fingerprint density at radius 2 is 1.49 bits per heavy atom. The van der Waals surface area contributed by atoms with Crippen LogP contribution in [0, 0.1) is 31.0 Å². The number of nitriles is 1. The van der Waals surface area contributed by atoms with Crippen LogP contribution in [0.15, 0.2) is 95.5 Å². The molecule has 0 atom stereocenters. The number of pyridine rings is 1. The van der Waals surface area contributed by atoms with E-state index in [-0.39, 0.29) is 5.82 Å². The molecule has 37 heavy (non-hydrogen) atoms. The quantitative estimate of drug-likeness (QED) is 0.239. The molecule has 0 amide bonds. The molecule has 0 aliphatic carbocycles. The van der Waals surface area contributed by atoms with Gasteiger partial charge in [0, 0.05) is 28.0 Å². The van der Waals surface area contributed by atoms with Crippen LogP contribution in [-0.4, -0.2) is 0 Å². The summed E-state index contributed by atoms with van der Waals surface area (Å²) in [6.07, 6.45) is 1.78. The van der Waals surface area contributed by atoms with E-state index in [0.29, 0.717) is 22.3 Å². The number of hydrogen-bond donors (Lipinski definition) is 0. The van der Waals surface area contributed by atoms with Gasteiger partial charge in [-0.25, -0.2) is 8.96 Å². The Hall–Kier alpha value is -4.75. The fraction of sp³-hybridized carbons (Fsp3) is 0.0909. The predicted molar refractivity (Wildman–Crippen MR) is 145 cm³/mol. The molecule has 178 valence electrons. The highest BCUT2D eigenvalue weighted by molar-refractivity contribution is 6.15. The van der Waals surface area contributed by atoms with E-state index in [9.17, 15) is 9.65 Å². The first-order valence-corrected chi connectivity index (χ1v) is 12.2. The van der Waals surface area contributed by atoms with Crippen molar-refractivity contribution in [3.8, 4) is 39.6 Å². The average Bonchev–Trinajstić information content (AvgIpc) is 3.31. The fourth-order valence-corrected chi connectivity index (χ4v) is 5.16. The second-order valence-corrected chi connectivity index (χ2v) is 9.46. The van der Waals surface area contributed by atoms with Gasteiger partial charge in [-0.15, -0.1) is 0 Å². The highest BCUT2D eigenvalue weighted by Gasteiger charge is 2.24. The number of nitrogens with zero attached hydrogens (tertiary/aromatic N) is 2. The highest BCUT2D eigenvalue weighted by atomic mass is 19.1. The van der Waals surface area contributed by atoms with Gasteiger partial charge >= 0.3 is 0 Å². The summed E-state index contributed by atoms with van der Waals surface area (Å²) in [6, 6.07) is 30.3. The van der Waals surface area contributed by atoms with Crippen LogP contribution in [0.3, 0.4) is 0 Å². The van der Waals surface area contributed by atoms with Gasteiger partial charge in [-0.3, -0.25) is 0 Å². The molecule has 0 saturated heterocycles. The van der Waals surface area contributed by atoms with Gasteiger partial charge in [0.1, 0.15) is 24.0 Å². The summed E-state index contributed by atoms with van der Waals surface area (Å²) < 4.78 is 23.2. The highest BCUT2D eigenvalue weighted by Crippen LogP contribution is 2.42. The van der Waals surface area contributed by atoms with Crippen LogP contribution in [-0.2, 0) is 7.05 Å². The van der Waals surface area contributed by atoms with Crippen LogP contribution in [0.2, 0.25) is 0 Å². The lowest BCUT2D eigenvalue weighted by molar-refractivity contribution is -0.661. The van der Waals surface area contributed by atoms with Gasteiger partial charge in [-0.05, 0) is 48.2 Å². The summed E-state index contributed by atoms with van der Waals surface area (Å²) in [5, 5.41) is 11.6. The number of hydrogen-bond acceptors (Lipinski definition) is 2. The van der Waals surface area contributed by atoms with Crippen LogP contribution in [0.5, 0.6) is 0 Å². The summed E-state index contributed by atoms with van der Waals surface area (Å²) in [4.78, 5) is 0. The maximum Gasteiger partial charge on any atom is 0.219 e. The normalized spacial score (nSPS) is 11.2. The van der Waals surface area contributed by atoms with Gasteiger partial charge in [0.15, 0.2) is 6.20 Å². The summed E-state index contributed by atoms with van der Waals surface area (Å²) in [6.45, 7) is 3.75. The Morgan fingerprint density at radius 3 is 2.22 bits per heavy atom. The third kappa shape index (κ3) is 3.68. The topological polar surface area (TPSA) is 40.8 Å². The van der Waals surface area contributed by atoms with E-state index < -0.39 is 0 Å². The molecular formula is C33H24FN2O+. The number of fused-ring (bicyclic) bond motifs is 3. The number of rotatable bonds is 3. The second kappa shape index (κ2) is 8.72. The zero-order chi connectivity index (χ0) is 25.7. The molecule has 6 aromatic rings. The van der Waals surface area contributed by atoms with Crippen LogP contribution in [0.1, 0.15) is 16.7 Å². The Labute approximate surface area is 214 Å². The smallest absolute Gasteiger partial charge is 0.219 e. The monoisotopic (exact) mass is 483 g/mol. The third-order valence-corrected chi connectivity index (χ3v) is 7.08. The van der Waals surface area contributed by atoms with E-state index in [1.54, 1.807) is 19.2 Å². The molecule has 0 radical (unpaired) electrons. The van der Waals surface area contributed by atoms with Crippen LogP contribution in [0.4, 0.5) is 4.39 Å². The Bertz CT molecular complexity index is 1860. The van der Waals surface area contributed by atoms with E-state index >= 15 is 0 Å². The lowest BCUT2D eigenvalue weighted by Gasteiger charge is -2.06. The molecule has 0 spiro atoms.